The first-order valence-corrected chi connectivity index (χ1v) is 8.39. The number of rotatable bonds is 2. The molecule has 0 spiro atoms. The molecule has 0 aliphatic carbocycles. The molecule has 130 valence electrons. The number of carbonyl (C=O) groups excluding carboxylic acids is 1. The van der Waals surface area contributed by atoms with Crippen molar-refractivity contribution in [2.45, 2.75) is 36.9 Å². The number of ether oxygens (including phenoxy) is 1. The van der Waals surface area contributed by atoms with E-state index < -0.39 is 12.0 Å². The van der Waals surface area contributed by atoms with Crippen LogP contribution in [0.1, 0.15) is 24.4 Å². The molecule has 7 heteroatoms. The summed E-state index contributed by atoms with van der Waals surface area (Å²) in [6.07, 6.45) is 0.585. The summed E-state index contributed by atoms with van der Waals surface area (Å²) < 4.78 is 32.7. The van der Waals surface area contributed by atoms with E-state index in [1.54, 1.807) is 4.90 Å². The molecule has 2 N–H and O–H groups in total. The number of para-hydroxylation sites is 1. The summed E-state index contributed by atoms with van der Waals surface area (Å²) in [6, 6.07) is 6.94. The average molecular weight is 337 g/mol. The van der Waals surface area contributed by atoms with Gasteiger partial charge in [0.1, 0.15) is 5.75 Å². The van der Waals surface area contributed by atoms with Gasteiger partial charge in [0.15, 0.2) is 0 Å². The summed E-state index contributed by atoms with van der Waals surface area (Å²) in [6.45, 7) is 1.07. The Kier molecular flexibility index (Phi) is 3.92. The van der Waals surface area contributed by atoms with Crippen LogP contribution in [0, 0.1) is 0 Å². The lowest BCUT2D eigenvalue weighted by Crippen LogP contribution is -2.59. The molecule has 1 unspecified atom stereocenters. The minimum atomic E-state index is -2.64. The van der Waals surface area contributed by atoms with Crippen LogP contribution in [0.25, 0.3) is 0 Å². The van der Waals surface area contributed by atoms with Crippen LogP contribution in [0.3, 0.4) is 0 Å². The van der Waals surface area contributed by atoms with Gasteiger partial charge < -0.3 is 15.4 Å². The molecule has 1 aromatic carbocycles. The van der Waals surface area contributed by atoms with Crippen LogP contribution in [0.2, 0.25) is 0 Å². The van der Waals surface area contributed by atoms with E-state index in [1.165, 1.54) is 0 Å². The highest BCUT2D eigenvalue weighted by atomic mass is 19.3. The van der Waals surface area contributed by atoms with Crippen molar-refractivity contribution in [2.24, 2.45) is 0 Å². The van der Waals surface area contributed by atoms with Crippen molar-refractivity contribution in [3.05, 3.63) is 29.8 Å². The third-order valence-electron chi connectivity index (χ3n) is 5.09. The van der Waals surface area contributed by atoms with Crippen molar-refractivity contribution in [1.82, 2.24) is 15.5 Å². The SMILES string of the molecule is O=C(N[C@@H]1CCOc2ccccc21)C1CN2CC(F)(F)C[C@@H]2CN1. The van der Waals surface area contributed by atoms with Gasteiger partial charge in [0.2, 0.25) is 5.91 Å². The molecule has 2 fully saturated rings. The Morgan fingerprint density at radius 1 is 1.38 bits per heavy atom. The first-order chi connectivity index (χ1) is 11.5. The van der Waals surface area contributed by atoms with E-state index in [0.717, 1.165) is 11.3 Å². The van der Waals surface area contributed by atoms with Crippen LogP contribution in [0.4, 0.5) is 8.78 Å². The minimum Gasteiger partial charge on any atom is -0.493 e. The van der Waals surface area contributed by atoms with Gasteiger partial charge in [-0.1, -0.05) is 18.2 Å². The largest absolute Gasteiger partial charge is 0.493 e. The van der Waals surface area contributed by atoms with Gasteiger partial charge in [0.25, 0.3) is 5.92 Å². The van der Waals surface area contributed by atoms with E-state index in [9.17, 15) is 13.6 Å². The van der Waals surface area contributed by atoms with Crippen molar-refractivity contribution in [2.75, 3.05) is 26.2 Å². The maximum Gasteiger partial charge on any atom is 0.262 e. The molecule has 5 nitrogen and oxygen atoms in total. The van der Waals surface area contributed by atoms with Crippen molar-refractivity contribution in [1.29, 1.82) is 0 Å². The Bertz CT molecular complexity index is 640. The van der Waals surface area contributed by atoms with Crippen molar-refractivity contribution >= 4 is 5.91 Å². The number of benzene rings is 1. The number of amides is 1. The summed E-state index contributed by atoms with van der Waals surface area (Å²) >= 11 is 0. The molecule has 24 heavy (non-hydrogen) atoms. The molecule has 0 radical (unpaired) electrons. The highest BCUT2D eigenvalue weighted by molar-refractivity contribution is 5.82. The van der Waals surface area contributed by atoms with Crippen LogP contribution >= 0.6 is 0 Å². The summed E-state index contributed by atoms with van der Waals surface area (Å²) in [5.41, 5.74) is 0.971. The normalized spacial score (nSPS) is 31.7. The lowest BCUT2D eigenvalue weighted by atomic mass is 10.00. The summed E-state index contributed by atoms with van der Waals surface area (Å²) in [4.78, 5) is 14.3. The smallest absolute Gasteiger partial charge is 0.262 e. The van der Waals surface area contributed by atoms with Crippen molar-refractivity contribution < 1.29 is 18.3 Å². The molecule has 0 bridgehead atoms. The second-order valence-corrected chi connectivity index (χ2v) is 6.84. The Labute approximate surface area is 139 Å². The minimum absolute atomic E-state index is 0.0954. The fourth-order valence-corrected chi connectivity index (χ4v) is 3.90. The van der Waals surface area contributed by atoms with Crippen LogP contribution in [0.15, 0.2) is 24.3 Å². The monoisotopic (exact) mass is 337 g/mol. The molecule has 3 aliphatic rings. The number of hydrogen-bond donors (Lipinski definition) is 2. The third-order valence-corrected chi connectivity index (χ3v) is 5.09. The number of carbonyl (C=O) groups is 1. The van der Waals surface area contributed by atoms with Gasteiger partial charge in [0, 0.05) is 37.5 Å². The second-order valence-electron chi connectivity index (χ2n) is 6.84. The maximum absolute atomic E-state index is 13.5. The van der Waals surface area contributed by atoms with Crippen molar-refractivity contribution in [3.8, 4) is 5.75 Å². The van der Waals surface area contributed by atoms with Gasteiger partial charge in [-0.05, 0) is 6.07 Å². The molecule has 3 atom stereocenters. The van der Waals surface area contributed by atoms with Crippen LogP contribution in [-0.4, -0.2) is 55.1 Å². The topological polar surface area (TPSA) is 53.6 Å². The third kappa shape index (κ3) is 2.98. The van der Waals surface area contributed by atoms with Gasteiger partial charge in [-0.15, -0.1) is 0 Å². The number of nitrogens with zero attached hydrogens (tertiary/aromatic N) is 1. The number of hydrogen-bond acceptors (Lipinski definition) is 4. The average Bonchev–Trinajstić information content (AvgIpc) is 2.88. The lowest BCUT2D eigenvalue weighted by Gasteiger charge is -2.36. The maximum atomic E-state index is 13.5. The molecule has 1 aromatic rings. The predicted octanol–water partition coefficient (Wildman–Crippen LogP) is 1.31. The van der Waals surface area contributed by atoms with E-state index in [-0.39, 0.29) is 31.0 Å². The Morgan fingerprint density at radius 2 is 2.21 bits per heavy atom. The van der Waals surface area contributed by atoms with E-state index >= 15 is 0 Å². The number of alkyl halides is 2. The highest BCUT2D eigenvalue weighted by Crippen LogP contribution is 2.34. The van der Waals surface area contributed by atoms with Gasteiger partial charge in [-0.25, -0.2) is 8.78 Å². The standard InChI is InChI=1S/C17H21F2N3O2/c18-17(19)7-11-8-20-14(9-22(11)10-17)16(23)21-13-5-6-24-15-4-2-1-3-12(13)15/h1-4,11,13-14,20H,5-10H2,(H,21,23)/t11-,13-,14?/m1/s1. The zero-order valence-electron chi connectivity index (χ0n) is 13.3. The fraction of sp³-hybridized carbons (Fsp3) is 0.588. The van der Waals surface area contributed by atoms with Crippen LogP contribution in [-0.2, 0) is 4.79 Å². The number of halogens is 2. The van der Waals surface area contributed by atoms with Gasteiger partial charge >= 0.3 is 0 Å². The molecule has 1 amide bonds. The summed E-state index contributed by atoms with van der Waals surface area (Å²) in [7, 11) is 0. The van der Waals surface area contributed by atoms with Crippen LogP contribution < -0.4 is 15.4 Å². The second kappa shape index (κ2) is 5.97. The summed E-state index contributed by atoms with van der Waals surface area (Å²) in [5.74, 6) is -1.98. The number of fused-ring (bicyclic) bond motifs is 2. The lowest BCUT2D eigenvalue weighted by molar-refractivity contribution is -0.125. The van der Waals surface area contributed by atoms with Crippen LogP contribution in [0.5, 0.6) is 5.75 Å². The summed E-state index contributed by atoms with van der Waals surface area (Å²) in [5, 5.41) is 6.17. The van der Waals surface area contributed by atoms with E-state index in [2.05, 4.69) is 10.6 Å². The molecule has 4 rings (SSSR count). The Hall–Kier alpha value is -1.73. The van der Waals surface area contributed by atoms with E-state index in [4.69, 9.17) is 4.74 Å². The quantitative estimate of drug-likeness (QED) is 0.854. The Morgan fingerprint density at radius 3 is 3.08 bits per heavy atom. The molecule has 3 aliphatic heterocycles. The number of nitrogens with one attached hydrogen (secondary N) is 2. The van der Waals surface area contributed by atoms with Gasteiger partial charge in [0.05, 0.1) is 25.2 Å². The first kappa shape index (κ1) is 15.8. The van der Waals surface area contributed by atoms with Gasteiger partial charge in [-0.3, -0.25) is 9.69 Å². The van der Waals surface area contributed by atoms with E-state index in [0.29, 0.717) is 26.1 Å². The zero-order valence-corrected chi connectivity index (χ0v) is 13.3. The fourth-order valence-electron chi connectivity index (χ4n) is 3.90. The van der Waals surface area contributed by atoms with Crippen molar-refractivity contribution in [3.63, 3.8) is 0 Å². The molecular weight excluding hydrogens is 316 g/mol. The molecule has 3 heterocycles. The van der Waals surface area contributed by atoms with Gasteiger partial charge in [-0.2, -0.15) is 0 Å². The first-order valence-electron chi connectivity index (χ1n) is 8.39. The predicted molar refractivity (Wildman–Crippen MR) is 84.2 cm³/mol. The van der Waals surface area contributed by atoms with E-state index in [1.807, 2.05) is 24.3 Å². The highest BCUT2D eigenvalue weighted by Gasteiger charge is 2.47. The molecule has 2 saturated heterocycles. The number of piperazine rings is 1. The molecule has 0 aromatic heterocycles. The zero-order chi connectivity index (χ0) is 16.7. The molecular formula is C17H21F2N3O2. The molecule has 0 saturated carbocycles. The Balaban J connectivity index is 1.41.